The van der Waals surface area contributed by atoms with Crippen LogP contribution in [0.3, 0.4) is 0 Å². The summed E-state index contributed by atoms with van der Waals surface area (Å²) >= 11 is 3.62. The molecule has 0 amide bonds. The largest absolute Gasteiger partial charge is 0.497 e. The van der Waals surface area contributed by atoms with Crippen molar-refractivity contribution >= 4 is 15.9 Å². The van der Waals surface area contributed by atoms with Gasteiger partial charge in [-0.2, -0.15) is 0 Å². The standard InChI is InChI=1S/C17H26BrNO/c1-3-12-4-6-13(7-5-12)17(19)11-14-10-15(20-2)8-9-16(14)18/h8-10,12-13,17H,3-7,11,19H2,1-2H3. The summed E-state index contributed by atoms with van der Waals surface area (Å²) in [5.41, 5.74) is 7.72. The summed E-state index contributed by atoms with van der Waals surface area (Å²) in [5, 5.41) is 0. The van der Waals surface area contributed by atoms with Gasteiger partial charge >= 0.3 is 0 Å². The molecule has 1 aromatic carbocycles. The van der Waals surface area contributed by atoms with Gasteiger partial charge in [0.05, 0.1) is 7.11 Å². The van der Waals surface area contributed by atoms with Crippen LogP contribution in [0, 0.1) is 11.8 Å². The van der Waals surface area contributed by atoms with Gasteiger partial charge in [-0.25, -0.2) is 0 Å². The molecule has 3 heteroatoms. The third-order valence-electron chi connectivity index (χ3n) is 4.78. The molecule has 112 valence electrons. The second-order valence-electron chi connectivity index (χ2n) is 6.01. The highest BCUT2D eigenvalue weighted by atomic mass is 79.9. The number of halogens is 1. The average molecular weight is 340 g/mol. The summed E-state index contributed by atoms with van der Waals surface area (Å²) in [4.78, 5) is 0. The Kier molecular flexibility index (Phi) is 5.91. The van der Waals surface area contributed by atoms with E-state index in [1.54, 1.807) is 7.11 Å². The van der Waals surface area contributed by atoms with Crippen molar-refractivity contribution in [2.75, 3.05) is 7.11 Å². The first kappa shape index (κ1) is 15.8. The van der Waals surface area contributed by atoms with E-state index in [0.717, 1.165) is 22.6 Å². The van der Waals surface area contributed by atoms with Gasteiger partial charge in [0.2, 0.25) is 0 Å². The quantitative estimate of drug-likeness (QED) is 0.854. The van der Waals surface area contributed by atoms with E-state index in [1.807, 2.05) is 6.07 Å². The van der Waals surface area contributed by atoms with Gasteiger partial charge in [0.15, 0.2) is 0 Å². The smallest absolute Gasteiger partial charge is 0.119 e. The fourth-order valence-corrected chi connectivity index (χ4v) is 3.69. The Morgan fingerprint density at radius 2 is 2.00 bits per heavy atom. The number of hydrogen-bond acceptors (Lipinski definition) is 2. The molecule has 1 fully saturated rings. The third kappa shape index (κ3) is 3.98. The van der Waals surface area contributed by atoms with Gasteiger partial charge in [0, 0.05) is 10.5 Å². The van der Waals surface area contributed by atoms with E-state index >= 15 is 0 Å². The molecule has 0 aromatic heterocycles. The van der Waals surface area contributed by atoms with Crippen molar-refractivity contribution in [3.05, 3.63) is 28.2 Å². The van der Waals surface area contributed by atoms with Gasteiger partial charge in [-0.05, 0) is 54.9 Å². The molecule has 0 bridgehead atoms. The van der Waals surface area contributed by atoms with Gasteiger partial charge < -0.3 is 10.5 Å². The topological polar surface area (TPSA) is 35.2 Å². The van der Waals surface area contributed by atoms with Crippen molar-refractivity contribution in [3.63, 3.8) is 0 Å². The number of benzene rings is 1. The lowest BCUT2D eigenvalue weighted by Crippen LogP contribution is -2.35. The maximum Gasteiger partial charge on any atom is 0.119 e. The first-order chi connectivity index (χ1) is 9.63. The first-order valence-electron chi connectivity index (χ1n) is 7.72. The number of methoxy groups -OCH3 is 1. The van der Waals surface area contributed by atoms with E-state index in [4.69, 9.17) is 10.5 Å². The number of ether oxygens (including phenoxy) is 1. The van der Waals surface area contributed by atoms with Gasteiger partial charge in [0.1, 0.15) is 5.75 Å². The molecule has 2 rings (SSSR count). The summed E-state index contributed by atoms with van der Waals surface area (Å²) in [6.07, 6.45) is 7.55. The Morgan fingerprint density at radius 3 is 2.60 bits per heavy atom. The molecule has 1 aliphatic rings. The van der Waals surface area contributed by atoms with Crippen molar-refractivity contribution in [2.24, 2.45) is 17.6 Å². The number of hydrogen-bond donors (Lipinski definition) is 1. The zero-order chi connectivity index (χ0) is 14.5. The van der Waals surface area contributed by atoms with Crippen LogP contribution in [0.5, 0.6) is 5.75 Å². The fraction of sp³-hybridized carbons (Fsp3) is 0.647. The highest BCUT2D eigenvalue weighted by molar-refractivity contribution is 9.10. The molecular formula is C17H26BrNO. The molecule has 0 aliphatic heterocycles. The Morgan fingerprint density at radius 1 is 1.30 bits per heavy atom. The molecular weight excluding hydrogens is 314 g/mol. The minimum absolute atomic E-state index is 0.260. The van der Waals surface area contributed by atoms with Gasteiger partial charge in [-0.3, -0.25) is 0 Å². The molecule has 0 heterocycles. The Bertz CT molecular complexity index is 427. The van der Waals surface area contributed by atoms with Crippen LogP contribution in [0.2, 0.25) is 0 Å². The molecule has 0 saturated heterocycles. The van der Waals surface area contributed by atoms with Crippen molar-refractivity contribution in [1.82, 2.24) is 0 Å². The van der Waals surface area contributed by atoms with E-state index in [1.165, 1.54) is 37.7 Å². The van der Waals surface area contributed by atoms with Gasteiger partial charge in [-0.1, -0.05) is 42.1 Å². The van der Waals surface area contributed by atoms with Crippen LogP contribution in [-0.4, -0.2) is 13.2 Å². The summed E-state index contributed by atoms with van der Waals surface area (Å²) in [6.45, 7) is 2.30. The normalized spacial score (nSPS) is 24.4. The van der Waals surface area contributed by atoms with E-state index in [0.29, 0.717) is 5.92 Å². The third-order valence-corrected chi connectivity index (χ3v) is 5.56. The second kappa shape index (κ2) is 7.46. The molecule has 1 saturated carbocycles. The van der Waals surface area contributed by atoms with Crippen LogP contribution >= 0.6 is 15.9 Å². The van der Waals surface area contributed by atoms with E-state index in [-0.39, 0.29) is 6.04 Å². The maximum absolute atomic E-state index is 6.47. The molecule has 1 unspecified atom stereocenters. The highest BCUT2D eigenvalue weighted by Gasteiger charge is 2.25. The Labute approximate surface area is 131 Å². The number of rotatable bonds is 5. The zero-order valence-corrected chi connectivity index (χ0v) is 14.2. The first-order valence-corrected chi connectivity index (χ1v) is 8.51. The highest BCUT2D eigenvalue weighted by Crippen LogP contribution is 2.33. The lowest BCUT2D eigenvalue weighted by Gasteiger charge is -2.32. The van der Waals surface area contributed by atoms with Crippen LogP contribution in [0.1, 0.15) is 44.6 Å². The van der Waals surface area contributed by atoms with Gasteiger partial charge in [0.25, 0.3) is 0 Å². The minimum Gasteiger partial charge on any atom is -0.497 e. The molecule has 1 aliphatic carbocycles. The zero-order valence-electron chi connectivity index (χ0n) is 12.6. The molecule has 2 nitrogen and oxygen atoms in total. The van der Waals surface area contributed by atoms with Gasteiger partial charge in [-0.15, -0.1) is 0 Å². The molecule has 1 atom stereocenters. The SMILES string of the molecule is CCC1CCC(C(N)Cc2cc(OC)ccc2Br)CC1. The summed E-state index contributed by atoms with van der Waals surface area (Å²) in [7, 11) is 1.71. The lowest BCUT2D eigenvalue weighted by atomic mass is 9.76. The second-order valence-corrected chi connectivity index (χ2v) is 6.87. The maximum atomic E-state index is 6.47. The Balaban J connectivity index is 1.96. The van der Waals surface area contributed by atoms with E-state index < -0.39 is 0 Å². The molecule has 0 spiro atoms. The van der Waals surface area contributed by atoms with Crippen molar-refractivity contribution in [3.8, 4) is 5.75 Å². The molecule has 1 aromatic rings. The van der Waals surface area contributed by atoms with Crippen LogP contribution in [-0.2, 0) is 6.42 Å². The monoisotopic (exact) mass is 339 g/mol. The predicted molar refractivity (Wildman–Crippen MR) is 88.1 cm³/mol. The number of nitrogens with two attached hydrogens (primary N) is 1. The summed E-state index contributed by atoms with van der Waals surface area (Å²) < 4.78 is 6.44. The fourth-order valence-electron chi connectivity index (χ4n) is 3.28. The Hall–Kier alpha value is -0.540. The minimum atomic E-state index is 0.260. The molecule has 2 N–H and O–H groups in total. The predicted octanol–water partition coefficient (Wildman–Crippen LogP) is 4.54. The van der Waals surface area contributed by atoms with Crippen LogP contribution in [0.15, 0.2) is 22.7 Å². The van der Waals surface area contributed by atoms with E-state index in [9.17, 15) is 0 Å². The van der Waals surface area contributed by atoms with Crippen molar-refractivity contribution < 1.29 is 4.74 Å². The van der Waals surface area contributed by atoms with Crippen molar-refractivity contribution in [2.45, 2.75) is 51.5 Å². The van der Waals surface area contributed by atoms with Crippen LogP contribution in [0.4, 0.5) is 0 Å². The summed E-state index contributed by atoms with van der Waals surface area (Å²) in [5.74, 6) is 2.52. The molecule has 20 heavy (non-hydrogen) atoms. The molecule has 0 radical (unpaired) electrons. The summed E-state index contributed by atoms with van der Waals surface area (Å²) in [6, 6.07) is 6.39. The average Bonchev–Trinajstić information content (AvgIpc) is 2.49. The van der Waals surface area contributed by atoms with Crippen LogP contribution < -0.4 is 10.5 Å². The lowest BCUT2D eigenvalue weighted by molar-refractivity contribution is 0.237. The van der Waals surface area contributed by atoms with Crippen molar-refractivity contribution in [1.29, 1.82) is 0 Å². The van der Waals surface area contributed by atoms with Crippen LogP contribution in [0.25, 0.3) is 0 Å². The van der Waals surface area contributed by atoms with E-state index in [2.05, 4.69) is 35.0 Å².